The van der Waals surface area contributed by atoms with Crippen molar-refractivity contribution in [2.45, 2.75) is 26.4 Å². The molecule has 0 spiro atoms. The molecular weight excluding hydrogens is 338 g/mol. The maximum absolute atomic E-state index is 12.3. The summed E-state index contributed by atoms with van der Waals surface area (Å²) < 4.78 is 18.2. The van der Waals surface area contributed by atoms with Crippen LogP contribution in [0.25, 0.3) is 10.9 Å². The number of carbonyl (C=O) groups excluding carboxylic acids is 1. The van der Waals surface area contributed by atoms with Gasteiger partial charge in [0, 0.05) is 22.1 Å². The molecule has 5 nitrogen and oxygen atoms in total. The number of rotatable bonds is 2. The number of carbonyl (C=O) groups is 1. The standard InChI is InChI=1S/C15H18BrNO4/c1-15(2,3)21-14(18)17-8-10(16)9-6-12(19-4)13(20-5)7-11(9)17/h6-8H,1-5H3. The Morgan fingerprint density at radius 3 is 2.24 bits per heavy atom. The van der Waals surface area contributed by atoms with Crippen LogP contribution in [0, 0.1) is 0 Å². The van der Waals surface area contributed by atoms with Gasteiger partial charge in [0.2, 0.25) is 0 Å². The van der Waals surface area contributed by atoms with E-state index in [1.807, 2.05) is 26.8 Å². The molecule has 0 aliphatic rings. The van der Waals surface area contributed by atoms with Gasteiger partial charge in [-0.2, -0.15) is 0 Å². The number of hydrogen-bond donors (Lipinski definition) is 0. The van der Waals surface area contributed by atoms with Crippen LogP contribution in [0.5, 0.6) is 11.5 Å². The molecule has 1 aromatic heterocycles. The van der Waals surface area contributed by atoms with E-state index in [4.69, 9.17) is 14.2 Å². The first-order chi connectivity index (χ1) is 9.76. The Kier molecular flexibility index (Phi) is 4.18. The van der Waals surface area contributed by atoms with Crippen LogP contribution in [0.1, 0.15) is 20.8 Å². The van der Waals surface area contributed by atoms with E-state index in [2.05, 4.69) is 15.9 Å². The number of aromatic nitrogens is 1. The minimum Gasteiger partial charge on any atom is -0.493 e. The molecule has 0 fully saturated rings. The highest BCUT2D eigenvalue weighted by molar-refractivity contribution is 9.10. The van der Waals surface area contributed by atoms with Gasteiger partial charge in [-0.1, -0.05) is 0 Å². The van der Waals surface area contributed by atoms with Gasteiger partial charge in [0.1, 0.15) is 5.60 Å². The third-order valence-electron chi connectivity index (χ3n) is 2.85. The smallest absolute Gasteiger partial charge is 0.419 e. The van der Waals surface area contributed by atoms with E-state index in [-0.39, 0.29) is 0 Å². The first-order valence-corrected chi connectivity index (χ1v) is 7.22. The maximum atomic E-state index is 12.3. The maximum Gasteiger partial charge on any atom is 0.419 e. The molecule has 1 aromatic carbocycles. The summed E-state index contributed by atoms with van der Waals surface area (Å²) in [6.07, 6.45) is 1.24. The Balaban J connectivity index is 2.58. The predicted octanol–water partition coefficient (Wildman–Crippen LogP) is 4.20. The van der Waals surface area contributed by atoms with Crippen LogP contribution in [0.3, 0.4) is 0 Å². The van der Waals surface area contributed by atoms with Crippen molar-refractivity contribution in [1.29, 1.82) is 0 Å². The van der Waals surface area contributed by atoms with Crippen LogP contribution in [0.2, 0.25) is 0 Å². The fourth-order valence-corrected chi connectivity index (χ4v) is 2.50. The molecule has 2 aromatic rings. The zero-order chi connectivity index (χ0) is 15.8. The molecule has 0 bridgehead atoms. The lowest BCUT2D eigenvalue weighted by molar-refractivity contribution is 0.0544. The summed E-state index contributed by atoms with van der Waals surface area (Å²) in [6.45, 7) is 5.49. The van der Waals surface area contributed by atoms with Gasteiger partial charge in [-0.05, 0) is 42.8 Å². The number of methoxy groups -OCH3 is 2. The highest BCUT2D eigenvalue weighted by Crippen LogP contribution is 2.36. The summed E-state index contributed by atoms with van der Waals surface area (Å²) in [4.78, 5) is 12.3. The van der Waals surface area contributed by atoms with E-state index in [0.29, 0.717) is 17.0 Å². The van der Waals surface area contributed by atoms with Crippen molar-refractivity contribution in [3.63, 3.8) is 0 Å². The molecular formula is C15H18BrNO4. The zero-order valence-corrected chi connectivity index (χ0v) is 14.3. The predicted molar refractivity (Wildman–Crippen MR) is 84.4 cm³/mol. The van der Waals surface area contributed by atoms with Crippen LogP contribution >= 0.6 is 15.9 Å². The van der Waals surface area contributed by atoms with E-state index in [9.17, 15) is 4.79 Å². The highest BCUT2D eigenvalue weighted by Gasteiger charge is 2.21. The summed E-state index contributed by atoms with van der Waals surface area (Å²) in [5.41, 5.74) is 0.130. The number of halogens is 1. The number of fused-ring (bicyclic) bond motifs is 1. The Hall–Kier alpha value is -1.69. The van der Waals surface area contributed by atoms with Crippen molar-refractivity contribution in [2.75, 3.05) is 14.2 Å². The SMILES string of the molecule is COc1cc2c(Br)cn(C(=O)OC(C)(C)C)c2cc1OC. The third kappa shape index (κ3) is 3.15. The monoisotopic (exact) mass is 355 g/mol. The van der Waals surface area contributed by atoms with Gasteiger partial charge in [0.15, 0.2) is 11.5 Å². The van der Waals surface area contributed by atoms with Crippen molar-refractivity contribution in [1.82, 2.24) is 4.57 Å². The minimum atomic E-state index is -0.559. The van der Waals surface area contributed by atoms with Gasteiger partial charge in [0.05, 0.1) is 19.7 Å². The first-order valence-electron chi connectivity index (χ1n) is 6.42. The first kappa shape index (κ1) is 15.7. The highest BCUT2D eigenvalue weighted by atomic mass is 79.9. The number of ether oxygens (including phenoxy) is 3. The molecule has 21 heavy (non-hydrogen) atoms. The lowest BCUT2D eigenvalue weighted by Gasteiger charge is -2.19. The second-order valence-corrected chi connectivity index (χ2v) is 6.41. The largest absolute Gasteiger partial charge is 0.493 e. The van der Waals surface area contributed by atoms with Crippen LogP contribution < -0.4 is 9.47 Å². The quantitative estimate of drug-likeness (QED) is 0.809. The number of nitrogens with zero attached hydrogens (tertiary/aromatic N) is 1. The van der Waals surface area contributed by atoms with Gasteiger partial charge in [-0.3, -0.25) is 4.57 Å². The molecule has 0 radical (unpaired) electrons. The molecule has 0 aliphatic carbocycles. The van der Waals surface area contributed by atoms with Crippen molar-refractivity contribution in [3.05, 3.63) is 22.8 Å². The summed E-state index contributed by atoms with van der Waals surface area (Å²) >= 11 is 3.45. The molecule has 0 saturated carbocycles. The van der Waals surface area contributed by atoms with Crippen molar-refractivity contribution in [2.24, 2.45) is 0 Å². The molecule has 0 N–H and O–H groups in total. The van der Waals surface area contributed by atoms with E-state index >= 15 is 0 Å². The van der Waals surface area contributed by atoms with Crippen LogP contribution in [-0.4, -0.2) is 30.5 Å². The van der Waals surface area contributed by atoms with Gasteiger partial charge < -0.3 is 14.2 Å². The van der Waals surface area contributed by atoms with Crippen molar-refractivity contribution < 1.29 is 19.0 Å². The number of hydrogen-bond acceptors (Lipinski definition) is 4. The molecule has 0 amide bonds. The Labute approximate surface area is 131 Å². The van der Waals surface area contributed by atoms with E-state index in [1.165, 1.54) is 4.57 Å². The second-order valence-electron chi connectivity index (χ2n) is 5.55. The topological polar surface area (TPSA) is 49.7 Å². The molecule has 1 heterocycles. The molecule has 0 aliphatic heterocycles. The Morgan fingerprint density at radius 1 is 1.14 bits per heavy atom. The summed E-state index contributed by atoms with van der Waals surface area (Å²) in [5.74, 6) is 1.16. The zero-order valence-electron chi connectivity index (χ0n) is 12.7. The summed E-state index contributed by atoms with van der Waals surface area (Å²) in [5, 5.41) is 0.846. The summed E-state index contributed by atoms with van der Waals surface area (Å²) in [7, 11) is 3.13. The second kappa shape index (κ2) is 5.60. The number of benzene rings is 1. The lowest BCUT2D eigenvalue weighted by atomic mass is 10.2. The van der Waals surface area contributed by atoms with E-state index in [1.54, 1.807) is 26.5 Å². The molecule has 0 saturated heterocycles. The van der Waals surface area contributed by atoms with E-state index < -0.39 is 11.7 Å². The van der Waals surface area contributed by atoms with Gasteiger partial charge in [-0.15, -0.1) is 0 Å². The van der Waals surface area contributed by atoms with Crippen LogP contribution in [-0.2, 0) is 4.74 Å². The molecule has 0 unspecified atom stereocenters. The molecule has 2 rings (SSSR count). The lowest BCUT2D eigenvalue weighted by Crippen LogP contribution is -2.26. The summed E-state index contributed by atoms with van der Waals surface area (Å²) in [6, 6.07) is 3.57. The fraction of sp³-hybridized carbons (Fsp3) is 0.400. The van der Waals surface area contributed by atoms with Crippen molar-refractivity contribution in [3.8, 4) is 11.5 Å². The Bertz CT molecular complexity index is 685. The van der Waals surface area contributed by atoms with Crippen LogP contribution in [0.4, 0.5) is 4.79 Å². The van der Waals surface area contributed by atoms with Gasteiger partial charge in [0.25, 0.3) is 0 Å². The normalized spacial score (nSPS) is 11.5. The Morgan fingerprint density at radius 2 is 1.71 bits per heavy atom. The average molecular weight is 356 g/mol. The fourth-order valence-electron chi connectivity index (χ4n) is 1.97. The van der Waals surface area contributed by atoms with E-state index in [0.717, 1.165) is 9.86 Å². The van der Waals surface area contributed by atoms with Gasteiger partial charge >= 0.3 is 6.09 Å². The molecule has 114 valence electrons. The van der Waals surface area contributed by atoms with Gasteiger partial charge in [-0.25, -0.2) is 4.79 Å². The third-order valence-corrected chi connectivity index (χ3v) is 3.48. The molecule has 0 atom stereocenters. The minimum absolute atomic E-state index is 0.439. The molecule has 6 heteroatoms. The van der Waals surface area contributed by atoms with Crippen molar-refractivity contribution >= 4 is 32.9 Å². The van der Waals surface area contributed by atoms with Crippen LogP contribution in [0.15, 0.2) is 22.8 Å². The average Bonchev–Trinajstić information content (AvgIpc) is 2.72.